The first-order chi connectivity index (χ1) is 12.3. The van der Waals surface area contributed by atoms with Crippen LogP contribution in [0.1, 0.15) is 5.56 Å². The molecule has 0 saturated heterocycles. The number of nitrogens with one attached hydrogen (secondary N) is 2. The zero-order valence-electron chi connectivity index (χ0n) is 13.3. The Bertz CT molecular complexity index is 892. The van der Waals surface area contributed by atoms with Gasteiger partial charge < -0.3 is 20.1 Å². The number of rotatable bonds is 4. The minimum atomic E-state index is -0.349. The fraction of sp³-hybridized carbons (Fsp3) is 0.111. The Hall–Kier alpha value is -3.48. The van der Waals surface area contributed by atoms with Crippen LogP contribution in [0.25, 0.3) is 0 Å². The summed E-state index contributed by atoms with van der Waals surface area (Å²) in [7, 11) is 0. The van der Waals surface area contributed by atoms with E-state index in [2.05, 4.69) is 15.7 Å². The lowest BCUT2D eigenvalue weighted by Crippen LogP contribution is -2.19. The van der Waals surface area contributed by atoms with Crippen molar-refractivity contribution >= 4 is 17.4 Å². The van der Waals surface area contributed by atoms with Gasteiger partial charge in [0.25, 0.3) is 0 Å². The summed E-state index contributed by atoms with van der Waals surface area (Å²) in [5.41, 5.74) is 2.38. The first-order valence-corrected chi connectivity index (χ1v) is 7.80. The van der Waals surface area contributed by atoms with E-state index in [0.717, 1.165) is 5.56 Å². The van der Waals surface area contributed by atoms with Gasteiger partial charge in [-0.15, -0.1) is 0 Å². The van der Waals surface area contributed by atoms with Crippen molar-refractivity contribution in [3.05, 3.63) is 66.5 Å². The van der Waals surface area contributed by atoms with Crippen molar-refractivity contribution in [2.24, 2.45) is 0 Å². The van der Waals surface area contributed by atoms with Crippen molar-refractivity contribution < 1.29 is 14.3 Å². The summed E-state index contributed by atoms with van der Waals surface area (Å²) in [5.74, 6) is 1.29. The number of carbonyl (C=O) groups is 1. The number of anilines is 2. The van der Waals surface area contributed by atoms with Gasteiger partial charge in [0.2, 0.25) is 6.79 Å². The zero-order chi connectivity index (χ0) is 17.1. The van der Waals surface area contributed by atoms with E-state index in [1.54, 1.807) is 35.3 Å². The number of benzene rings is 2. The first kappa shape index (κ1) is 15.1. The Labute approximate surface area is 144 Å². The molecule has 2 amide bonds. The molecule has 7 nitrogen and oxygen atoms in total. The van der Waals surface area contributed by atoms with Crippen molar-refractivity contribution in [3.8, 4) is 11.5 Å². The van der Waals surface area contributed by atoms with Gasteiger partial charge in [0.05, 0.1) is 18.4 Å². The number of hydrogen-bond acceptors (Lipinski definition) is 4. The third-order valence-corrected chi connectivity index (χ3v) is 3.71. The van der Waals surface area contributed by atoms with Gasteiger partial charge in [0.15, 0.2) is 11.5 Å². The van der Waals surface area contributed by atoms with Crippen molar-refractivity contribution in [2.45, 2.75) is 6.54 Å². The van der Waals surface area contributed by atoms with E-state index in [4.69, 9.17) is 9.47 Å². The molecule has 2 N–H and O–H groups in total. The predicted octanol–water partition coefficient (Wildman–Crippen LogP) is 3.30. The minimum absolute atomic E-state index is 0.200. The fourth-order valence-electron chi connectivity index (χ4n) is 2.55. The number of nitrogens with zero attached hydrogens (tertiary/aromatic N) is 2. The number of ether oxygens (including phenoxy) is 2. The summed E-state index contributed by atoms with van der Waals surface area (Å²) >= 11 is 0. The van der Waals surface area contributed by atoms with E-state index in [-0.39, 0.29) is 12.8 Å². The monoisotopic (exact) mass is 336 g/mol. The second-order valence-electron chi connectivity index (χ2n) is 5.56. The Kier molecular flexibility index (Phi) is 3.96. The third-order valence-electron chi connectivity index (χ3n) is 3.71. The largest absolute Gasteiger partial charge is 0.454 e. The Morgan fingerprint density at radius 2 is 1.84 bits per heavy atom. The maximum Gasteiger partial charge on any atom is 0.323 e. The van der Waals surface area contributed by atoms with Crippen LogP contribution in [-0.2, 0) is 6.54 Å². The minimum Gasteiger partial charge on any atom is -0.454 e. The van der Waals surface area contributed by atoms with Gasteiger partial charge in [-0.3, -0.25) is 4.68 Å². The lowest BCUT2D eigenvalue weighted by atomic mass is 10.2. The molecule has 126 valence electrons. The van der Waals surface area contributed by atoms with Crippen LogP contribution in [0, 0.1) is 0 Å². The number of hydrogen-bond donors (Lipinski definition) is 2. The summed E-state index contributed by atoms with van der Waals surface area (Å²) in [6.45, 7) is 0.845. The normalized spacial score (nSPS) is 12.0. The molecular formula is C18H16N4O3. The summed E-state index contributed by atoms with van der Waals surface area (Å²) in [6, 6.07) is 14.9. The molecule has 0 bridgehead atoms. The third kappa shape index (κ3) is 3.55. The van der Waals surface area contributed by atoms with Gasteiger partial charge in [-0.05, 0) is 17.7 Å². The second-order valence-corrected chi connectivity index (χ2v) is 5.56. The summed E-state index contributed by atoms with van der Waals surface area (Å²) in [6.07, 6.45) is 3.40. The van der Waals surface area contributed by atoms with Gasteiger partial charge in [-0.25, -0.2) is 4.79 Å². The van der Waals surface area contributed by atoms with Gasteiger partial charge >= 0.3 is 6.03 Å². The molecule has 2 aromatic carbocycles. The van der Waals surface area contributed by atoms with Crippen LogP contribution in [0.15, 0.2) is 60.9 Å². The lowest BCUT2D eigenvalue weighted by Gasteiger charge is -2.06. The average Bonchev–Trinajstić information content (AvgIpc) is 3.24. The highest BCUT2D eigenvalue weighted by molar-refractivity contribution is 5.99. The number of urea groups is 1. The van der Waals surface area contributed by atoms with Crippen molar-refractivity contribution in [2.75, 3.05) is 17.4 Å². The molecule has 0 aliphatic carbocycles. The molecule has 0 spiro atoms. The molecule has 0 saturated carbocycles. The van der Waals surface area contributed by atoms with Crippen molar-refractivity contribution in [3.63, 3.8) is 0 Å². The summed E-state index contributed by atoms with van der Waals surface area (Å²) < 4.78 is 12.3. The molecule has 25 heavy (non-hydrogen) atoms. The molecule has 7 heteroatoms. The SMILES string of the molecule is O=C(Nc1ccc2c(c1)OCO2)Nc1cnn(Cc2ccccc2)c1. The second kappa shape index (κ2) is 6.56. The maximum absolute atomic E-state index is 12.1. The Morgan fingerprint density at radius 1 is 1.04 bits per heavy atom. The van der Waals surface area contributed by atoms with Crippen LogP contribution in [0.3, 0.4) is 0 Å². The number of fused-ring (bicyclic) bond motifs is 1. The van der Waals surface area contributed by atoms with E-state index >= 15 is 0 Å². The van der Waals surface area contributed by atoms with Crippen LogP contribution >= 0.6 is 0 Å². The van der Waals surface area contributed by atoms with E-state index in [0.29, 0.717) is 29.4 Å². The molecule has 0 unspecified atom stereocenters. The molecule has 2 heterocycles. The lowest BCUT2D eigenvalue weighted by molar-refractivity contribution is 0.174. The highest BCUT2D eigenvalue weighted by atomic mass is 16.7. The zero-order valence-corrected chi connectivity index (χ0v) is 13.3. The quantitative estimate of drug-likeness (QED) is 0.766. The summed E-state index contributed by atoms with van der Waals surface area (Å²) in [4.78, 5) is 12.1. The van der Waals surface area contributed by atoms with E-state index in [1.165, 1.54) is 0 Å². The first-order valence-electron chi connectivity index (χ1n) is 7.80. The number of carbonyl (C=O) groups excluding carboxylic acids is 1. The predicted molar refractivity (Wildman–Crippen MR) is 93.0 cm³/mol. The van der Waals surface area contributed by atoms with Gasteiger partial charge in [-0.2, -0.15) is 5.10 Å². The molecular weight excluding hydrogens is 320 g/mol. The highest BCUT2D eigenvalue weighted by Crippen LogP contribution is 2.34. The topological polar surface area (TPSA) is 77.4 Å². The fourth-order valence-corrected chi connectivity index (χ4v) is 2.55. The molecule has 1 aromatic heterocycles. The van der Waals surface area contributed by atoms with Gasteiger partial charge in [-0.1, -0.05) is 30.3 Å². The molecule has 1 aliphatic rings. The maximum atomic E-state index is 12.1. The van der Waals surface area contributed by atoms with E-state index in [1.807, 2.05) is 30.3 Å². The van der Waals surface area contributed by atoms with E-state index in [9.17, 15) is 4.79 Å². The molecule has 0 fully saturated rings. The number of amides is 2. The van der Waals surface area contributed by atoms with Crippen LogP contribution in [0.5, 0.6) is 11.5 Å². The van der Waals surface area contributed by atoms with Gasteiger partial charge in [0.1, 0.15) is 0 Å². The Balaban J connectivity index is 1.36. The van der Waals surface area contributed by atoms with Crippen LogP contribution in [0.2, 0.25) is 0 Å². The van der Waals surface area contributed by atoms with E-state index < -0.39 is 0 Å². The molecule has 0 atom stereocenters. The molecule has 3 aromatic rings. The van der Waals surface area contributed by atoms with Crippen LogP contribution < -0.4 is 20.1 Å². The standard InChI is InChI=1S/C18H16N4O3/c23-18(20-14-6-7-16-17(8-14)25-12-24-16)21-15-9-19-22(11-15)10-13-4-2-1-3-5-13/h1-9,11H,10,12H2,(H2,20,21,23). The summed E-state index contributed by atoms with van der Waals surface area (Å²) in [5, 5.41) is 9.77. The van der Waals surface area contributed by atoms with Crippen LogP contribution in [0.4, 0.5) is 16.2 Å². The average molecular weight is 336 g/mol. The highest BCUT2D eigenvalue weighted by Gasteiger charge is 2.14. The Morgan fingerprint density at radius 3 is 2.72 bits per heavy atom. The smallest absolute Gasteiger partial charge is 0.323 e. The van der Waals surface area contributed by atoms with Gasteiger partial charge in [0, 0.05) is 18.0 Å². The van der Waals surface area contributed by atoms with Crippen molar-refractivity contribution in [1.29, 1.82) is 0 Å². The van der Waals surface area contributed by atoms with Crippen LogP contribution in [-0.4, -0.2) is 22.6 Å². The molecule has 0 radical (unpaired) electrons. The number of aromatic nitrogens is 2. The van der Waals surface area contributed by atoms with Crippen molar-refractivity contribution in [1.82, 2.24) is 9.78 Å². The molecule has 4 rings (SSSR count). The molecule has 1 aliphatic heterocycles.